The average molecular weight is 339 g/mol. The van der Waals surface area contributed by atoms with Gasteiger partial charge in [-0.25, -0.2) is 0 Å². The van der Waals surface area contributed by atoms with E-state index in [9.17, 15) is 9.59 Å². The Labute approximate surface area is 145 Å². The number of rotatable bonds is 9. The summed E-state index contributed by atoms with van der Waals surface area (Å²) < 4.78 is 11.7. The van der Waals surface area contributed by atoms with Crippen molar-refractivity contribution in [2.24, 2.45) is 5.92 Å². The van der Waals surface area contributed by atoms with Gasteiger partial charge >= 0.3 is 0 Å². The van der Waals surface area contributed by atoms with Crippen LogP contribution in [0.25, 0.3) is 0 Å². The molecule has 0 radical (unpaired) electrons. The third-order valence-corrected chi connectivity index (χ3v) is 5.07. The van der Waals surface area contributed by atoms with Crippen molar-refractivity contribution >= 4 is 11.7 Å². The van der Waals surface area contributed by atoms with Crippen molar-refractivity contribution in [2.45, 2.75) is 96.5 Å². The fraction of sp³-hybridized carbons (Fsp3) is 0.895. The minimum Gasteiger partial charge on any atom is -0.378 e. The lowest BCUT2D eigenvalue weighted by Crippen LogP contribution is -2.46. The van der Waals surface area contributed by atoms with Crippen molar-refractivity contribution in [2.75, 3.05) is 6.61 Å². The van der Waals surface area contributed by atoms with Crippen LogP contribution in [0.4, 0.5) is 0 Å². The molecular weight excluding hydrogens is 306 g/mol. The minimum absolute atomic E-state index is 0.0830. The van der Waals surface area contributed by atoms with Gasteiger partial charge < -0.3 is 14.8 Å². The van der Waals surface area contributed by atoms with Gasteiger partial charge in [-0.1, -0.05) is 0 Å². The van der Waals surface area contributed by atoms with E-state index in [-0.39, 0.29) is 23.7 Å². The van der Waals surface area contributed by atoms with Gasteiger partial charge in [-0.2, -0.15) is 0 Å². The molecule has 2 aliphatic rings. The first-order valence-electron chi connectivity index (χ1n) is 9.51. The van der Waals surface area contributed by atoms with Gasteiger partial charge in [0.15, 0.2) is 0 Å². The Morgan fingerprint density at radius 3 is 2.29 bits per heavy atom. The van der Waals surface area contributed by atoms with Crippen molar-refractivity contribution < 1.29 is 19.1 Å². The lowest BCUT2D eigenvalue weighted by molar-refractivity contribution is -0.128. The van der Waals surface area contributed by atoms with Gasteiger partial charge in [0.2, 0.25) is 5.91 Å². The molecule has 0 atom stereocenters. The lowest BCUT2D eigenvalue weighted by Gasteiger charge is -2.34. The highest BCUT2D eigenvalue weighted by atomic mass is 16.5. The maximum absolute atomic E-state index is 11.9. The minimum atomic E-state index is 0.0830. The summed E-state index contributed by atoms with van der Waals surface area (Å²) in [6.07, 6.45) is 8.14. The number of hydrogen-bond acceptors (Lipinski definition) is 4. The quantitative estimate of drug-likeness (QED) is 0.656. The van der Waals surface area contributed by atoms with Crippen LogP contribution in [0, 0.1) is 5.92 Å². The summed E-state index contributed by atoms with van der Waals surface area (Å²) in [5, 5.41) is 3.00. The van der Waals surface area contributed by atoms with Gasteiger partial charge in [0, 0.05) is 25.0 Å². The maximum atomic E-state index is 11.9. The van der Waals surface area contributed by atoms with Crippen LogP contribution in [0.1, 0.15) is 72.1 Å². The number of ketones is 1. The largest absolute Gasteiger partial charge is 0.378 e. The number of carbonyl (C=O) groups excluding carboxylic acids is 2. The second-order valence-corrected chi connectivity index (χ2v) is 7.60. The zero-order valence-corrected chi connectivity index (χ0v) is 15.4. The third kappa shape index (κ3) is 6.52. The van der Waals surface area contributed by atoms with Crippen LogP contribution < -0.4 is 5.32 Å². The van der Waals surface area contributed by atoms with E-state index in [1.807, 2.05) is 0 Å². The molecule has 24 heavy (non-hydrogen) atoms. The highest BCUT2D eigenvalue weighted by molar-refractivity contribution is 5.80. The van der Waals surface area contributed by atoms with Crippen molar-refractivity contribution in [1.82, 2.24) is 5.32 Å². The normalized spacial score (nSPS) is 30.0. The number of carbonyl (C=O) groups is 2. The second kappa shape index (κ2) is 9.52. The molecular formula is C19H33NO4. The van der Waals surface area contributed by atoms with E-state index in [2.05, 4.69) is 19.2 Å². The molecule has 0 aliphatic heterocycles. The predicted octanol–water partition coefficient (Wildman–Crippen LogP) is 3.00. The molecule has 2 rings (SSSR count). The van der Waals surface area contributed by atoms with Crippen LogP contribution in [0.15, 0.2) is 0 Å². The molecule has 0 aromatic rings. The van der Waals surface area contributed by atoms with E-state index >= 15 is 0 Å². The van der Waals surface area contributed by atoms with Crippen LogP contribution in [0.5, 0.6) is 0 Å². The zero-order chi connectivity index (χ0) is 17.5. The Hall–Kier alpha value is -0.940. The van der Waals surface area contributed by atoms with E-state index in [0.29, 0.717) is 31.3 Å². The number of ether oxygens (including phenoxy) is 2. The van der Waals surface area contributed by atoms with Crippen LogP contribution >= 0.6 is 0 Å². The summed E-state index contributed by atoms with van der Waals surface area (Å²) in [4.78, 5) is 23.0. The van der Waals surface area contributed by atoms with Crippen LogP contribution in [-0.4, -0.2) is 42.7 Å². The molecule has 5 nitrogen and oxygen atoms in total. The Kier molecular flexibility index (Phi) is 7.69. The molecule has 1 amide bonds. The first kappa shape index (κ1) is 19.4. The number of hydrogen-bond donors (Lipinski definition) is 1. The van der Waals surface area contributed by atoms with Gasteiger partial charge in [0.1, 0.15) is 5.78 Å². The van der Waals surface area contributed by atoms with Crippen molar-refractivity contribution in [3.63, 3.8) is 0 Å². The van der Waals surface area contributed by atoms with Gasteiger partial charge in [0.05, 0.1) is 18.3 Å². The fourth-order valence-electron chi connectivity index (χ4n) is 3.57. The molecule has 0 heterocycles. The molecule has 1 N–H and O–H groups in total. The van der Waals surface area contributed by atoms with E-state index < -0.39 is 0 Å². The van der Waals surface area contributed by atoms with E-state index in [0.717, 1.165) is 44.9 Å². The van der Waals surface area contributed by atoms with Crippen molar-refractivity contribution in [3.8, 4) is 0 Å². The Morgan fingerprint density at radius 1 is 1.08 bits per heavy atom. The van der Waals surface area contributed by atoms with Crippen LogP contribution in [0.2, 0.25) is 0 Å². The summed E-state index contributed by atoms with van der Waals surface area (Å²) in [6.45, 7) is 6.44. The number of Topliss-reactive ketones (excluding diaryl/α,β-unsaturated/α-hetero) is 1. The lowest BCUT2D eigenvalue weighted by atomic mass is 9.78. The SMILES string of the molecule is CC(=O)C1CC(NC(=O)CCCOC2CCC(OC(C)C)CC2)C1. The third-order valence-electron chi connectivity index (χ3n) is 5.07. The topological polar surface area (TPSA) is 64.6 Å². The number of nitrogens with one attached hydrogen (secondary N) is 1. The molecule has 0 unspecified atom stereocenters. The molecule has 0 aromatic heterocycles. The Bertz CT molecular complexity index is 410. The molecule has 2 aliphatic carbocycles. The average Bonchev–Trinajstić information content (AvgIpc) is 2.47. The van der Waals surface area contributed by atoms with Crippen molar-refractivity contribution in [3.05, 3.63) is 0 Å². The second-order valence-electron chi connectivity index (χ2n) is 7.60. The van der Waals surface area contributed by atoms with E-state index in [1.165, 1.54) is 0 Å². The first-order valence-corrected chi connectivity index (χ1v) is 9.51. The predicted molar refractivity (Wildman–Crippen MR) is 92.8 cm³/mol. The van der Waals surface area contributed by atoms with Gasteiger partial charge in [-0.05, 0) is 65.7 Å². The highest BCUT2D eigenvalue weighted by Gasteiger charge is 2.32. The summed E-state index contributed by atoms with van der Waals surface area (Å²) in [5.41, 5.74) is 0. The first-order chi connectivity index (χ1) is 11.4. The molecule has 0 bridgehead atoms. The molecule has 0 saturated heterocycles. The molecule has 138 valence electrons. The maximum Gasteiger partial charge on any atom is 0.220 e. The van der Waals surface area contributed by atoms with E-state index in [1.54, 1.807) is 6.92 Å². The smallest absolute Gasteiger partial charge is 0.220 e. The summed E-state index contributed by atoms with van der Waals surface area (Å²) in [6, 6.07) is 0.198. The standard InChI is InChI=1S/C19H33NO4/c1-13(2)24-18-8-6-17(7-9-18)23-10-4-5-19(22)20-16-11-15(12-16)14(3)21/h13,15-18H,4-12H2,1-3H3,(H,20,22). The Balaban J connectivity index is 1.47. The van der Waals surface area contributed by atoms with Crippen LogP contribution in [0.3, 0.4) is 0 Å². The highest BCUT2D eigenvalue weighted by Crippen LogP contribution is 2.28. The molecule has 0 spiro atoms. The number of amides is 1. The summed E-state index contributed by atoms with van der Waals surface area (Å²) in [5.74, 6) is 0.482. The molecule has 2 fully saturated rings. The molecule has 5 heteroatoms. The van der Waals surface area contributed by atoms with E-state index in [4.69, 9.17) is 9.47 Å². The van der Waals surface area contributed by atoms with Gasteiger partial charge in [-0.15, -0.1) is 0 Å². The summed E-state index contributed by atoms with van der Waals surface area (Å²) in [7, 11) is 0. The summed E-state index contributed by atoms with van der Waals surface area (Å²) >= 11 is 0. The van der Waals surface area contributed by atoms with Crippen LogP contribution in [-0.2, 0) is 19.1 Å². The fourth-order valence-corrected chi connectivity index (χ4v) is 3.57. The molecule has 0 aromatic carbocycles. The van der Waals surface area contributed by atoms with Gasteiger partial charge in [0.25, 0.3) is 0 Å². The monoisotopic (exact) mass is 339 g/mol. The molecule has 2 saturated carbocycles. The van der Waals surface area contributed by atoms with Crippen molar-refractivity contribution in [1.29, 1.82) is 0 Å². The van der Waals surface area contributed by atoms with Gasteiger partial charge in [-0.3, -0.25) is 9.59 Å². The Morgan fingerprint density at radius 2 is 1.71 bits per heavy atom. The zero-order valence-electron chi connectivity index (χ0n) is 15.4.